The topological polar surface area (TPSA) is 112 Å². The Morgan fingerprint density at radius 3 is 2.33 bits per heavy atom. The first kappa shape index (κ1) is 8.69. The fourth-order valence-electron chi connectivity index (χ4n) is 0.744. The van der Waals surface area contributed by atoms with Gasteiger partial charge in [-0.3, -0.25) is 0 Å². The number of aromatic nitrogens is 2. The van der Waals surface area contributed by atoms with Crippen molar-refractivity contribution < 1.29 is 15.3 Å². The molecule has 0 aliphatic rings. The zero-order chi connectivity index (χ0) is 9.14. The Bertz CT molecular complexity index is 290. The van der Waals surface area contributed by atoms with Crippen molar-refractivity contribution in [1.82, 2.24) is 9.97 Å². The summed E-state index contributed by atoms with van der Waals surface area (Å²) in [5, 5.41) is 26.4. The average molecular weight is 171 g/mol. The quantitative estimate of drug-likeness (QED) is 0.442. The van der Waals surface area contributed by atoms with Crippen LogP contribution in [0.25, 0.3) is 0 Å². The molecule has 1 heterocycles. The van der Waals surface area contributed by atoms with Crippen LogP contribution in [0.5, 0.6) is 5.88 Å². The van der Waals surface area contributed by atoms with Crippen molar-refractivity contribution in [2.75, 3.05) is 5.73 Å². The third-order valence-electron chi connectivity index (χ3n) is 1.34. The Kier molecular flexibility index (Phi) is 2.41. The summed E-state index contributed by atoms with van der Waals surface area (Å²) < 4.78 is 0. The van der Waals surface area contributed by atoms with Gasteiger partial charge < -0.3 is 21.1 Å². The van der Waals surface area contributed by atoms with E-state index < -0.39 is 19.1 Å². The van der Waals surface area contributed by atoms with Crippen molar-refractivity contribution in [3.05, 3.63) is 11.5 Å². The van der Waals surface area contributed by atoms with Crippen LogP contribution in [0.3, 0.4) is 0 Å². The minimum Gasteiger partial charge on any atom is -0.492 e. The number of aliphatic hydroxyl groups excluding tert-OH is 2. The van der Waals surface area contributed by atoms with Crippen molar-refractivity contribution in [3.63, 3.8) is 0 Å². The maximum atomic E-state index is 9.04. The molecule has 0 amide bonds. The van der Waals surface area contributed by atoms with Crippen LogP contribution in [-0.4, -0.2) is 25.3 Å². The van der Waals surface area contributed by atoms with Gasteiger partial charge in [0.2, 0.25) is 5.88 Å². The van der Waals surface area contributed by atoms with Gasteiger partial charge in [-0.1, -0.05) is 0 Å². The largest absolute Gasteiger partial charge is 0.492 e. The Morgan fingerprint density at radius 1 is 1.17 bits per heavy atom. The summed E-state index contributed by atoms with van der Waals surface area (Å²) in [6, 6.07) is 0. The second kappa shape index (κ2) is 3.33. The molecular weight excluding hydrogens is 162 g/mol. The number of hydrogen-bond donors (Lipinski definition) is 4. The monoisotopic (exact) mass is 171 g/mol. The van der Waals surface area contributed by atoms with Crippen LogP contribution in [-0.2, 0) is 13.2 Å². The molecule has 0 aliphatic carbocycles. The van der Waals surface area contributed by atoms with Crippen molar-refractivity contribution in [1.29, 1.82) is 0 Å². The minimum atomic E-state index is -0.418. The van der Waals surface area contributed by atoms with Crippen LogP contribution < -0.4 is 5.73 Å². The van der Waals surface area contributed by atoms with Gasteiger partial charge >= 0.3 is 0 Å². The van der Waals surface area contributed by atoms with Gasteiger partial charge in [0.15, 0.2) is 5.82 Å². The van der Waals surface area contributed by atoms with E-state index in [9.17, 15) is 0 Å². The van der Waals surface area contributed by atoms with E-state index in [0.717, 1.165) is 0 Å². The Labute approximate surface area is 68.3 Å². The number of nitrogen functional groups attached to an aromatic ring is 1. The molecule has 0 atom stereocenters. The lowest BCUT2D eigenvalue weighted by Crippen LogP contribution is -2.04. The number of nitrogens with two attached hydrogens (primary N) is 1. The van der Waals surface area contributed by atoms with E-state index in [1.807, 2.05) is 0 Å². The predicted octanol–water partition coefficient (Wildman–Crippen LogP) is -1.25. The number of rotatable bonds is 2. The number of aromatic hydroxyl groups is 1. The van der Waals surface area contributed by atoms with Crippen molar-refractivity contribution in [2.45, 2.75) is 13.2 Å². The van der Waals surface area contributed by atoms with Crippen LogP contribution in [0, 0.1) is 0 Å². The van der Waals surface area contributed by atoms with Crippen LogP contribution in [0.1, 0.15) is 11.5 Å². The van der Waals surface area contributed by atoms with Gasteiger partial charge in [-0.15, -0.1) is 0 Å². The summed E-state index contributed by atoms with van der Waals surface area (Å²) >= 11 is 0. The molecule has 6 heteroatoms. The fraction of sp³-hybridized carbons (Fsp3) is 0.333. The molecule has 5 N–H and O–H groups in total. The van der Waals surface area contributed by atoms with E-state index in [1.54, 1.807) is 0 Å². The highest BCUT2D eigenvalue weighted by Gasteiger charge is 2.08. The third kappa shape index (κ3) is 1.44. The highest BCUT2D eigenvalue weighted by molar-refractivity contribution is 5.50. The summed E-state index contributed by atoms with van der Waals surface area (Å²) in [6.45, 7) is -0.796. The summed E-state index contributed by atoms with van der Waals surface area (Å²) in [7, 11) is 0. The first-order chi connectivity index (χ1) is 5.69. The lowest BCUT2D eigenvalue weighted by molar-refractivity contribution is 0.259. The Hall–Kier alpha value is -1.40. The molecule has 0 saturated carbocycles. The maximum Gasteiger partial charge on any atom is 0.238 e. The molecule has 0 fully saturated rings. The van der Waals surface area contributed by atoms with Crippen molar-refractivity contribution in [2.24, 2.45) is 0 Å². The molecule has 0 radical (unpaired) electrons. The van der Waals surface area contributed by atoms with Crippen LogP contribution >= 0.6 is 0 Å². The van der Waals surface area contributed by atoms with E-state index in [-0.39, 0.29) is 17.2 Å². The Morgan fingerprint density at radius 2 is 1.83 bits per heavy atom. The van der Waals surface area contributed by atoms with Gasteiger partial charge in [-0.2, -0.15) is 4.98 Å². The van der Waals surface area contributed by atoms with Gasteiger partial charge in [0.1, 0.15) is 12.3 Å². The summed E-state index contributed by atoms with van der Waals surface area (Å²) in [5.41, 5.74) is 5.36. The first-order valence-corrected chi connectivity index (χ1v) is 3.25. The molecule has 1 aromatic heterocycles. The number of aliphatic hydroxyl groups is 2. The highest BCUT2D eigenvalue weighted by atomic mass is 16.3. The second-order valence-electron chi connectivity index (χ2n) is 2.14. The third-order valence-corrected chi connectivity index (χ3v) is 1.34. The molecule has 0 saturated heterocycles. The molecule has 0 aliphatic heterocycles. The Balaban J connectivity index is 3.19. The second-order valence-corrected chi connectivity index (χ2v) is 2.14. The molecule has 6 nitrogen and oxygen atoms in total. The highest BCUT2D eigenvalue weighted by Crippen LogP contribution is 2.19. The SMILES string of the molecule is Nc1c(O)nc(CO)nc1CO. The van der Waals surface area contributed by atoms with Gasteiger partial charge in [0.25, 0.3) is 0 Å². The van der Waals surface area contributed by atoms with E-state index in [4.69, 9.17) is 21.1 Å². The average Bonchev–Trinajstić information content (AvgIpc) is 2.09. The summed E-state index contributed by atoms with van der Waals surface area (Å²) in [4.78, 5) is 7.13. The molecular formula is C6H9N3O3. The van der Waals surface area contributed by atoms with Crippen LogP contribution in [0.2, 0.25) is 0 Å². The van der Waals surface area contributed by atoms with Crippen molar-refractivity contribution in [3.8, 4) is 5.88 Å². The van der Waals surface area contributed by atoms with Gasteiger partial charge in [-0.05, 0) is 0 Å². The fourth-order valence-corrected chi connectivity index (χ4v) is 0.744. The first-order valence-electron chi connectivity index (χ1n) is 3.25. The normalized spacial score (nSPS) is 10.2. The molecule has 0 spiro atoms. The summed E-state index contributed by atoms with van der Waals surface area (Å²) in [5.74, 6) is -0.385. The van der Waals surface area contributed by atoms with E-state index in [0.29, 0.717) is 0 Å². The molecule has 0 unspecified atom stereocenters. The molecule has 1 rings (SSSR count). The molecule has 66 valence electrons. The van der Waals surface area contributed by atoms with E-state index in [2.05, 4.69) is 9.97 Å². The lowest BCUT2D eigenvalue weighted by atomic mass is 10.3. The lowest BCUT2D eigenvalue weighted by Gasteiger charge is -2.04. The van der Waals surface area contributed by atoms with E-state index in [1.165, 1.54) is 0 Å². The minimum absolute atomic E-state index is 0.0331. The van der Waals surface area contributed by atoms with Crippen LogP contribution in [0.15, 0.2) is 0 Å². The van der Waals surface area contributed by atoms with E-state index >= 15 is 0 Å². The molecule has 0 aromatic carbocycles. The van der Waals surface area contributed by atoms with Crippen LogP contribution in [0.4, 0.5) is 5.69 Å². The summed E-state index contributed by atoms with van der Waals surface area (Å²) in [6.07, 6.45) is 0. The van der Waals surface area contributed by atoms with Gasteiger partial charge in [0.05, 0.1) is 12.3 Å². The maximum absolute atomic E-state index is 9.04. The molecule has 1 aromatic rings. The number of anilines is 1. The zero-order valence-corrected chi connectivity index (χ0v) is 6.23. The predicted molar refractivity (Wildman–Crippen MR) is 40.0 cm³/mol. The number of hydrogen-bond acceptors (Lipinski definition) is 6. The smallest absolute Gasteiger partial charge is 0.238 e. The molecule has 0 bridgehead atoms. The van der Waals surface area contributed by atoms with Crippen molar-refractivity contribution >= 4 is 5.69 Å². The molecule has 12 heavy (non-hydrogen) atoms. The number of nitrogens with zero attached hydrogens (tertiary/aromatic N) is 2. The van der Waals surface area contributed by atoms with Gasteiger partial charge in [-0.25, -0.2) is 4.98 Å². The van der Waals surface area contributed by atoms with Gasteiger partial charge in [0, 0.05) is 0 Å². The zero-order valence-electron chi connectivity index (χ0n) is 6.23. The standard InChI is InChI=1S/C6H9N3O3/c7-5-3(1-10)8-4(2-11)9-6(5)12/h10-11H,1-2,7H2,(H,8,9,12).